The molecule has 0 unspecified atom stereocenters. The summed E-state index contributed by atoms with van der Waals surface area (Å²) in [5.74, 6) is 1.89. The molecule has 0 aromatic carbocycles. The zero-order valence-electron chi connectivity index (χ0n) is 8.59. The third-order valence-electron chi connectivity index (χ3n) is 1.73. The van der Waals surface area contributed by atoms with Crippen LogP contribution in [0.3, 0.4) is 0 Å². The van der Waals surface area contributed by atoms with Crippen LogP contribution in [0.4, 0.5) is 5.82 Å². The summed E-state index contributed by atoms with van der Waals surface area (Å²) in [7, 11) is 0. The minimum absolute atomic E-state index is 0.905. The van der Waals surface area contributed by atoms with Crippen LogP contribution < -0.4 is 5.32 Å². The lowest BCUT2D eigenvalue weighted by Gasteiger charge is -2.05. The fourth-order valence-electron chi connectivity index (χ4n) is 1.24. The van der Waals surface area contributed by atoms with Gasteiger partial charge in [-0.05, 0) is 20.3 Å². The van der Waals surface area contributed by atoms with Crippen LogP contribution in [0.2, 0.25) is 0 Å². The topological polar surface area (TPSA) is 37.8 Å². The van der Waals surface area contributed by atoms with E-state index in [4.69, 9.17) is 0 Å². The Bertz CT molecular complexity index is 247. The van der Waals surface area contributed by atoms with Crippen LogP contribution in [0.15, 0.2) is 6.07 Å². The highest BCUT2D eigenvalue weighted by molar-refractivity contribution is 5.35. The average Bonchev–Trinajstić information content (AvgIpc) is 2.04. The molecule has 0 amide bonds. The molecule has 1 aromatic rings. The van der Waals surface area contributed by atoms with Crippen LogP contribution in [0.5, 0.6) is 0 Å². The maximum absolute atomic E-state index is 4.39. The van der Waals surface area contributed by atoms with E-state index in [-0.39, 0.29) is 0 Å². The Morgan fingerprint density at radius 1 is 1.31 bits per heavy atom. The highest BCUT2D eigenvalue weighted by atomic mass is 15.0. The maximum atomic E-state index is 4.39. The largest absolute Gasteiger partial charge is 0.370 e. The molecule has 0 bridgehead atoms. The molecule has 0 saturated heterocycles. The second-order valence-electron chi connectivity index (χ2n) is 3.09. The van der Waals surface area contributed by atoms with Gasteiger partial charge >= 0.3 is 0 Å². The summed E-state index contributed by atoms with van der Waals surface area (Å²) in [6.45, 7) is 7.11. The number of aryl methyl sites for hydroxylation is 2. The molecule has 1 heterocycles. The van der Waals surface area contributed by atoms with Crippen molar-refractivity contribution in [3.05, 3.63) is 17.6 Å². The van der Waals surface area contributed by atoms with Gasteiger partial charge in [-0.2, -0.15) is 0 Å². The molecule has 0 aliphatic rings. The SMILES string of the molecule is CCCc1nc(C)cc(NCC)n1. The first kappa shape index (κ1) is 9.96. The van der Waals surface area contributed by atoms with E-state index in [1.165, 1.54) is 0 Å². The second-order valence-corrected chi connectivity index (χ2v) is 3.09. The molecule has 0 radical (unpaired) electrons. The van der Waals surface area contributed by atoms with Gasteiger partial charge in [-0.15, -0.1) is 0 Å². The molecule has 72 valence electrons. The van der Waals surface area contributed by atoms with E-state index in [0.29, 0.717) is 0 Å². The number of rotatable bonds is 4. The Morgan fingerprint density at radius 2 is 2.08 bits per heavy atom. The molecule has 0 saturated carbocycles. The lowest BCUT2D eigenvalue weighted by molar-refractivity contribution is 0.825. The molecular formula is C10H17N3. The number of hydrogen-bond acceptors (Lipinski definition) is 3. The molecule has 1 rings (SSSR count). The van der Waals surface area contributed by atoms with Crippen molar-refractivity contribution >= 4 is 5.82 Å². The molecule has 0 fully saturated rings. The summed E-state index contributed by atoms with van der Waals surface area (Å²) in [6.07, 6.45) is 2.05. The van der Waals surface area contributed by atoms with Crippen LogP contribution in [0, 0.1) is 6.92 Å². The minimum Gasteiger partial charge on any atom is -0.370 e. The summed E-state index contributed by atoms with van der Waals surface area (Å²) in [4.78, 5) is 8.75. The summed E-state index contributed by atoms with van der Waals surface area (Å²) in [5.41, 5.74) is 1.04. The van der Waals surface area contributed by atoms with E-state index in [0.717, 1.165) is 36.7 Å². The van der Waals surface area contributed by atoms with Gasteiger partial charge in [0.05, 0.1) is 0 Å². The predicted octanol–water partition coefficient (Wildman–Crippen LogP) is 2.17. The average molecular weight is 179 g/mol. The van der Waals surface area contributed by atoms with Crippen molar-refractivity contribution in [3.63, 3.8) is 0 Å². The van der Waals surface area contributed by atoms with Crippen LogP contribution >= 0.6 is 0 Å². The molecule has 1 aromatic heterocycles. The van der Waals surface area contributed by atoms with Crippen LogP contribution in [-0.4, -0.2) is 16.5 Å². The van der Waals surface area contributed by atoms with Gasteiger partial charge in [0, 0.05) is 24.7 Å². The van der Waals surface area contributed by atoms with Gasteiger partial charge < -0.3 is 5.32 Å². The smallest absolute Gasteiger partial charge is 0.130 e. The Hall–Kier alpha value is -1.12. The lowest BCUT2D eigenvalue weighted by Crippen LogP contribution is -2.04. The quantitative estimate of drug-likeness (QED) is 0.769. The van der Waals surface area contributed by atoms with Gasteiger partial charge in [0.2, 0.25) is 0 Å². The van der Waals surface area contributed by atoms with Gasteiger partial charge in [-0.3, -0.25) is 0 Å². The van der Waals surface area contributed by atoms with Gasteiger partial charge in [-0.25, -0.2) is 9.97 Å². The maximum Gasteiger partial charge on any atom is 0.130 e. The fourth-order valence-corrected chi connectivity index (χ4v) is 1.24. The number of nitrogens with zero attached hydrogens (tertiary/aromatic N) is 2. The lowest BCUT2D eigenvalue weighted by atomic mass is 10.3. The molecule has 3 heteroatoms. The molecule has 0 aliphatic heterocycles. The molecular weight excluding hydrogens is 162 g/mol. The zero-order valence-corrected chi connectivity index (χ0v) is 8.59. The predicted molar refractivity (Wildman–Crippen MR) is 54.9 cm³/mol. The Kier molecular flexibility index (Phi) is 3.68. The monoisotopic (exact) mass is 179 g/mol. The van der Waals surface area contributed by atoms with Crippen molar-refractivity contribution in [3.8, 4) is 0 Å². The summed E-state index contributed by atoms with van der Waals surface area (Å²) >= 11 is 0. The minimum atomic E-state index is 0.905. The van der Waals surface area contributed by atoms with E-state index in [1.54, 1.807) is 0 Å². The molecule has 0 atom stereocenters. The molecule has 13 heavy (non-hydrogen) atoms. The van der Waals surface area contributed by atoms with E-state index in [2.05, 4.69) is 29.1 Å². The Labute approximate surface area is 79.6 Å². The normalized spacial score (nSPS) is 10.1. The fraction of sp³-hybridized carbons (Fsp3) is 0.600. The van der Waals surface area contributed by atoms with Gasteiger partial charge in [-0.1, -0.05) is 6.92 Å². The number of nitrogens with one attached hydrogen (secondary N) is 1. The second kappa shape index (κ2) is 4.80. The molecule has 0 aliphatic carbocycles. The molecule has 0 spiro atoms. The van der Waals surface area contributed by atoms with Gasteiger partial charge in [0.1, 0.15) is 11.6 Å². The highest BCUT2D eigenvalue weighted by Gasteiger charge is 1.99. The van der Waals surface area contributed by atoms with E-state index < -0.39 is 0 Å². The van der Waals surface area contributed by atoms with E-state index >= 15 is 0 Å². The standard InChI is InChI=1S/C10H17N3/c1-4-6-9-12-8(3)7-10(13-9)11-5-2/h7H,4-6H2,1-3H3,(H,11,12,13). The summed E-state index contributed by atoms with van der Waals surface area (Å²) in [5, 5.41) is 3.20. The Morgan fingerprint density at radius 3 is 2.69 bits per heavy atom. The van der Waals surface area contributed by atoms with Crippen molar-refractivity contribution in [2.24, 2.45) is 0 Å². The third kappa shape index (κ3) is 3.01. The van der Waals surface area contributed by atoms with Crippen LogP contribution in [0.25, 0.3) is 0 Å². The van der Waals surface area contributed by atoms with E-state index in [9.17, 15) is 0 Å². The highest BCUT2D eigenvalue weighted by Crippen LogP contribution is 2.06. The van der Waals surface area contributed by atoms with Crippen molar-refractivity contribution in [1.82, 2.24) is 9.97 Å². The zero-order chi connectivity index (χ0) is 9.68. The van der Waals surface area contributed by atoms with Crippen molar-refractivity contribution in [1.29, 1.82) is 0 Å². The number of hydrogen-bond donors (Lipinski definition) is 1. The van der Waals surface area contributed by atoms with Gasteiger partial charge in [0.15, 0.2) is 0 Å². The van der Waals surface area contributed by atoms with Crippen LogP contribution in [0.1, 0.15) is 31.8 Å². The van der Waals surface area contributed by atoms with Crippen molar-refractivity contribution < 1.29 is 0 Å². The number of anilines is 1. The third-order valence-corrected chi connectivity index (χ3v) is 1.73. The van der Waals surface area contributed by atoms with Crippen molar-refractivity contribution in [2.75, 3.05) is 11.9 Å². The summed E-state index contributed by atoms with van der Waals surface area (Å²) < 4.78 is 0. The van der Waals surface area contributed by atoms with Crippen molar-refractivity contribution in [2.45, 2.75) is 33.6 Å². The first-order valence-electron chi connectivity index (χ1n) is 4.84. The van der Waals surface area contributed by atoms with E-state index in [1.807, 2.05) is 13.0 Å². The first-order valence-corrected chi connectivity index (χ1v) is 4.84. The van der Waals surface area contributed by atoms with Crippen LogP contribution in [-0.2, 0) is 6.42 Å². The molecule has 1 N–H and O–H groups in total. The van der Waals surface area contributed by atoms with Gasteiger partial charge in [0.25, 0.3) is 0 Å². The summed E-state index contributed by atoms with van der Waals surface area (Å²) in [6, 6.07) is 1.97. The first-order chi connectivity index (χ1) is 6.26. The number of aromatic nitrogens is 2. The Balaban J connectivity index is 2.83. The molecule has 3 nitrogen and oxygen atoms in total.